The number of carboxylic acid groups (broad SMARTS) is 1. The van der Waals surface area contributed by atoms with E-state index in [0.29, 0.717) is 13.0 Å². The molecule has 0 bridgehead atoms. The standard InChI is InChI=1S/C17H26O3/c1-16(2,3)13(11-17(4,5)15(18)19)12-20-14-9-7-6-8-10-14/h6-10,13H,11-12H2,1-5H3,(H,18,19). The first kappa shape index (κ1) is 16.5. The number of rotatable bonds is 6. The predicted octanol–water partition coefficient (Wildman–Crippen LogP) is 4.23. The van der Waals surface area contributed by atoms with Gasteiger partial charge in [0.2, 0.25) is 0 Å². The highest BCUT2D eigenvalue weighted by Crippen LogP contribution is 2.36. The molecule has 0 aliphatic carbocycles. The second-order valence-corrected chi connectivity index (χ2v) is 7.08. The lowest BCUT2D eigenvalue weighted by Crippen LogP contribution is -2.35. The molecule has 20 heavy (non-hydrogen) atoms. The van der Waals surface area contributed by atoms with Gasteiger partial charge in [0.25, 0.3) is 0 Å². The highest BCUT2D eigenvalue weighted by atomic mass is 16.5. The van der Waals surface area contributed by atoms with E-state index in [2.05, 4.69) is 20.8 Å². The molecule has 0 saturated heterocycles. The Morgan fingerprint density at radius 2 is 1.70 bits per heavy atom. The van der Waals surface area contributed by atoms with Gasteiger partial charge in [-0.05, 0) is 43.7 Å². The molecule has 0 aliphatic heterocycles. The normalized spacial score (nSPS) is 13.8. The molecule has 0 heterocycles. The second kappa shape index (κ2) is 6.29. The summed E-state index contributed by atoms with van der Waals surface area (Å²) in [5, 5.41) is 9.30. The van der Waals surface area contributed by atoms with E-state index in [1.807, 2.05) is 30.3 Å². The summed E-state index contributed by atoms with van der Waals surface area (Å²) in [4.78, 5) is 11.3. The van der Waals surface area contributed by atoms with Crippen molar-refractivity contribution in [1.29, 1.82) is 0 Å². The summed E-state index contributed by atoms with van der Waals surface area (Å²) >= 11 is 0. The number of ether oxygens (including phenoxy) is 1. The van der Waals surface area contributed by atoms with Crippen molar-refractivity contribution >= 4 is 5.97 Å². The molecule has 3 nitrogen and oxygen atoms in total. The van der Waals surface area contributed by atoms with Crippen LogP contribution >= 0.6 is 0 Å². The summed E-state index contributed by atoms with van der Waals surface area (Å²) < 4.78 is 5.83. The van der Waals surface area contributed by atoms with Crippen molar-refractivity contribution in [2.45, 2.75) is 41.0 Å². The molecule has 1 aromatic carbocycles. The first-order valence-corrected chi connectivity index (χ1v) is 7.04. The van der Waals surface area contributed by atoms with E-state index in [0.717, 1.165) is 5.75 Å². The first-order valence-electron chi connectivity index (χ1n) is 7.04. The zero-order chi connectivity index (χ0) is 15.4. The van der Waals surface area contributed by atoms with Crippen LogP contribution < -0.4 is 4.74 Å². The number of carboxylic acids is 1. The molecule has 0 radical (unpaired) electrons. The van der Waals surface area contributed by atoms with Crippen LogP contribution in [0.4, 0.5) is 0 Å². The van der Waals surface area contributed by atoms with Crippen molar-refractivity contribution in [1.82, 2.24) is 0 Å². The van der Waals surface area contributed by atoms with Crippen LogP contribution in [-0.4, -0.2) is 17.7 Å². The van der Waals surface area contributed by atoms with Gasteiger partial charge < -0.3 is 9.84 Å². The monoisotopic (exact) mass is 278 g/mol. The quantitative estimate of drug-likeness (QED) is 0.847. The van der Waals surface area contributed by atoms with Gasteiger partial charge in [-0.1, -0.05) is 39.0 Å². The summed E-state index contributed by atoms with van der Waals surface area (Å²) in [6.07, 6.45) is 0.596. The number of aliphatic carboxylic acids is 1. The summed E-state index contributed by atoms with van der Waals surface area (Å²) in [5.41, 5.74) is -0.737. The first-order chi connectivity index (χ1) is 9.13. The van der Waals surface area contributed by atoms with Gasteiger partial charge in [0.1, 0.15) is 5.75 Å². The molecule has 0 aromatic heterocycles. The summed E-state index contributed by atoms with van der Waals surface area (Å²) in [6, 6.07) is 9.65. The average molecular weight is 278 g/mol. The van der Waals surface area contributed by atoms with Gasteiger partial charge in [-0.25, -0.2) is 0 Å². The van der Waals surface area contributed by atoms with Crippen molar-refractivity contribution in [3.8, 4) is 5.75 Å². The SMILES string of the molecule is CC(C)(CC(COc1ccccc1)C(C)(C)C)C(=O)O. The van der Waals surface area contributed by atoms with Crippen molar-refractivity contribution < 1.29 is 14.6 Å². The lowest BCUT2D eigenvalue weighted by molar-refractivity contribution is -0.148. The molecule has 0 amide bonds. The number of para-hydroxylation sites is 1. The Hall–Kier alpha value is -1.51. The Kier molecular flexibility index (Phi) is 5.21. The van der Waals surface area contributed by atoms with Crippen LogP contribution in [0, 0.1) is 16.7 Å². The van der Waals surface area contributed by atoms with Crippen LogP contribution in [-0.2, 0) is 4.79 Å². The maximum absolute atomic E-state index is 11.3. The maximum Gasteiger partial charge on any atom is 0.309 e. The van der Waals surface area contributed by atoms with Gasteiger partial charge >= 0.3 is 5.97 Å². The molecular formula is C17H26O3. The number of hydrogen-bond acceptors (Lipinski definition) is 2. The minimum absolute atomic E-state index is 0.00149. The molecular weight excluding hydrogens is 252 g/mol. The highest BCUT2D eigenvalue weighted by molar-refractivity contribution is 5.73. The van der Waals surface area contributed by atoms with Gasteiger partial charge in [-0.15, -0.1) is 0 Å². The molecule has 0 saturated carbocycles. The lowest BCUT2D eigenvalue weighted by Gasteiger charge is -2.35. The van der Waals surface area contributed by atoms with E-state index in [1.54, 1.807) is 13.8 Å². The molecule has 0 fully saturated rings. The highest BCUT2D eigenvalue weighted by Gasteiger charge is 2.36. The van der Waals surface area contributed by atoms with Gasteiger partial charge in [-0.3, -0.25) is 4.79 Å². The fourth-order valence-electron chi connectivity index (χ4n) is 2.03. The van der Waals surface area contributed by atoms with E-state index >= 15 is 0 Å². The average Bonchev–Trinajstić information content (AvgIpc) is 2.34. The number of hydrogen-bond donors (Lipinski definition) is 1. The fraction of sp³-hybridized carbons (Fsp3) is 0.588. The summed E-state index contributed by atoms with van der Waals surface area (Å²) in [7, 11) is 0. The van der Waals surface area contributed by atoms with Crippen molar-refractivity contribution in [2.75, 3.05) is 6.61 Å². The molecule has 112 valence electrons. The van der Waals surface area contributed by atoms with Crippen molar-refractivity contribution in [2.24, 2.45) is 16.7 Å². The van der Waals surface area contributed by atoms with E-state index in [4.69, 9.17) is 4.74 Å². The Balaban J connectivity index is 2.74. The van der Waals surface area contributed by atoms with Gasteiger partial charge in [-0.2, -0.15) is 0 Å². The molecule has 1 atom stereocenters. The van der Waals surface area contributed by atoms with Crippen LogP contribution in [0.1, 0.15) is 41.0 Å². The molecule has 3 heteroatoms. The molecule has 0 spiro atoms. The second-order valence-electron chi connectivity index (χ2n) is 7.08. The summed E-state index contributed by atoms with van der Waals surface area (Å²) in [6.45, 7) is 10.5. The zero-order valence-corrected chi connectivity index (χ0v) is 13.1. The maximum atomic E-state index is 11.3. The topological polar surface area (TPSA) is 46.5 Å². The fourth-order valence-corrected chi connectivity index (χ4v) is 2.03. The number of carbonyl (C=O) groups is 1. The third kappa shape index (κ3) is 4.87. The molecule has 1 aromatic rings. The van der Waals surface area contributed by atoms with Gasteiger partial charge in [0.05, 0.1) is 12.0 Å². The van der Waals surface area contributed by atoms with E-state index < -0.39 is 11.4 Å². The Labute approximate surface area is 122 Å². The van der Waals surface area contributed by atoms with E-state index in [1.165, 1.54) is 0 Å². The molecule has 1 unspecified atom stereocenters. The van der Waals surface area contributed by atoms with Crippen LogP contribution in [0.3, 0.4) is 0 Å². The van der Waals surface area contributed by atoms with E-state index in [9.17, 15) is 9.90 Å². The molecule has 0 aliphatic rings. The smallest absolute Gasteiger partial charge is 0.309 e. The van der Waals surface area contributed by atoms with Crippen molar-refractivity contribution in [3.63, 3.8) is 0 Å². The van der Waals surface area contributed by atoms with Gasteiger partial charge in [0.15, 0.2) is 0 Å². The number of benzene rings is 1. The van der Waals surface area contributed by atoms with Crippen molar-refractivity contribution in [3.05, 3.63) is 30.3 Å². The van der Waals surface area contributed by atoms with Crippen LogP contribution in [0.25, 0.3) is 0 Å². The van der Waals surface area contributed by atoms with Crippen LogP contribution in [0.15, 0.2) is 30.3 Å². The largest absolute Gasteiger partial charge is 0.493 e. The zero-order valence-electron chi connectivity index (χ0n) is 13.1. The van der Waals surface area contributed by atoms with Gasteiger partial charge in [0, 0.05) is 0 Å². The predicted molar refractivity (Wildman–Crippen MR) is 80.9 cm³/mol. The molecule has 1 rings (SSSR count). The minimum Gasteiger partial charge on any atom is -0.493 e. The summed E-state index contributed by atoms with van der Waals surface area (Å²) in [5.74, 6) is 0.246. The third-order valence-corrected chi connectivity index (χ3v) is 3.75. The Morgan fingerprint density at radius 3 is 2.15 bits per heavy atom. The van der Waals surface area contributed by atoms with Crippen LogP contribution in [0.2, 0.25) is 0 Å². The minimum atomic E-state index is -0.758. The lowest BCUT2D eigenvalue weighted by atomic mass is 9.72. The Bertz CT molecular complexity index is 429. The third-order valence-electron chi connectivity index (χ3n) is 3.75. The Morgan fingerprint density at radius 1 is 1.15 bits per heavy atom. The molecule has 1 N–H and O–H groups in total. The van der Waals surface area contributed by atoms with Crippen LogP contribution in [0.5, 0.6) is 5.75 Å². The van der Waals surface area contributed by atoms with E-state index in [-0.39, 0.29) is 11.3 Å².